The summed E-state index contributed by atoms with van der Waals surface area (Å²) in [6.07, 6.45) is 2.88. The van der Waals surface area contributed by atoms with Gasteiger partial charge < -0.3 is 10.6 Å². The summed E-state index contributed by atoms with van der Waals surface area (Å²) in [5.41, 5.74) is 0.174. The van der Waals surface area contributed by atoms with E-state index in [9.17, 15) is 4.79 Å². The van der Waals surface area contributed by atoms with Crippen molar-refractivity contribution >= 4 is 11.7 Å². The van der Waals surface area contributed by atoms with E-state index < -0.39 is 6.04 Å². The SMILES string of the molecule is CNC(=O)C(C)Nc1nccnc1C#N. The molecule has 0 saturated carbocycles. The maximum Gasteiger partial charge on any atom is 0.241 e. The van der Waals surface area contributed by atoms with Gasteiger partial charge in [-0.15, -0.1) is 0 Å². The van der Waals surface area contributed by atoms with E-state index in [1.54, 1.807) is 14.0 Å². The lowest BCUT2D eigenvalue weighted by Gasteiger charge is -2.12. The highest BCUT2D eigenvalue weighted by Crippen LogP contribution is 2.07. The van der Waals surface area contributed by atoms with Crippen molar-refractivity contribution in [3.8, 4) is 6.07 Å². The van der Waals surface area contributed by atoms with Gasteiger partial charge in [-0.1, -0.05) is 0 Å². The van der Waals surface area contributed by atoms with E-state index in [1.807, 2.05) is 6.07 Å². The second-order valence-corrected chi connectivity index (χ2v) is 2.85. The fraction of sp³-hybridized carbons (Fsp3) is 0.333. The molecule has 0 aromatic carbocycles. The van der Waals surface area contributed by atoms with Crippen LogP contribution in [0.3, 0.4) is 0 Å². The number of likely N-dealkylation sites (N-methyl/N-ethyl adjacent to an activating group) is 1. The third-order valence-electron chi connectivity index (χ3n) is 1.80. The third kappa shape index (κ3) is 2.64. The number of amides is 1. The molecule has 1 atom stereocenters. The van der Waals surface area contributed by atoms with Crippen molar-refractivity contribution in [2.24, 2.45) is 0 Å². The highest BCUT2D eigenvalue weighted by Gasteiger charge is 2.13. The van der Waals surface area contributed by atoms with Crippen molar-refractivity contribution in [2.75, 3.05) is 12.4 Å². The normalized spacial score (nSPS) is 11.3. The highest BCUT2D eigenvalue weighted by molar-refractivity contribution is 5.83. The molecule has 6 heteroatoms. The largest absolute Gasteiger partial charge is 0.357 e. The summed E-state index contributed by atoms with van der Waals surface area (Å²) in [4.78, 5) is 19.0. The minimum Gasteiger partial charge on any atom is -0.357 e. The van der Waals surface area contributed by atoms with Gasteiger partial charge in [0, 0.05) is 19.4 Å². The summed E-state index contributed by atoms with van der Waals surface area (Å²) < 4.78 is 0. The Kier molecular flexibility index (Phi) is 3.57. The summed E-state index contributed by atoms with van der Waals surface area (Å²) in [6, 6.07) is 1.43. The van der Waals surface area contributed by atoms with Crippen LogP contribution in [-0.4, -0.2) is 29.0 Å². The Bertz CT molecular complexity index is 398. The van der Waals surface area contributed by atoms with Gasteiger partial charge in [-0.2, -0.15) is 5.26 Å². The number of nitrogens with zero attached hydrogens (tertiary/aromatic N) is 3. The Labute approximate surface area is 87.3 Å². The smallest absolute Gasteiger partial charge is 0.241 e. The number of carbonyl (C=O) groups excluding carboxylic acids is 1. The molecule has 0 aliphatic heterocycles. The van der Waals surface area contributed by atoms with Crippen LogP contribution in [0.15, 0.2) is 12.4 Å². The zero-order valence-electron chi connectivity index (χ0n) is 8.48. The van der Waals surface area contributed by atoms with Crippen molar-refractivity contribution in [2.45, 2.75) is 13.0 Å². The molecule has 1 aromatic rings. The van der Waals surface area contributed by atoms with Gasteiger partial charge >= 0.3 is 0 Å². The number of rotatable bonds is 3. The maximum atomic E-state index is 11.2. The molecule has 0 fully saturated rings. The summed E-state index contributed by atoms with van der Waals surface area (Å²) in [7, 11) is 1.54. The lowest BCUT2D eigenvalue weighted by atomic mass is 10.3. The molecule has 0 saturated heterocycles. The van der Waals surface area contributed by atoms with E-state index in [2.05, 4.69) is 20.6 Å². The molecule has 1 amide bonds. The van der Waals surface area contributed by atoms with Crippen LogP contribution in [0, 0.1) is 11.3 Å². The summed E-state index contributed by atoms with van der Waals surface area (Å²) >= 11 is 0. The van der Waals surface area contributed by atoms with Gasteiger partial charge in [0.1, 0.15) is 12.1 Å². The van der Waals surface area contributed by atoms with Crippen LogP contribution in [0.1, 0.15) is 12.6 Å². The summed E-state index contributed by atoms with van der Waals surface area (Å²) in [6.45, 7) is 1.68. The van der Waals surface area contributed by atoms with E-state index in [0.717, 1.165) is 0 Å². The topological polar surface area (TPSA) is 90.7 Å². The number of aromatic nitrogens is 2. The van der Waals surface area contributed by atoms with Crippen molar-refractivity contribution in [3.63, 3.8) is 0 Å². The number of nitrogens with one attached hydrogen (secondary N) is 2. The number of anilines is 1. The first-order valence-electron chi connectivity index (χ1n) is 4.38. The van der Waals surface area contributed by atoms with Crippen molar-refractivity contribution in [1.82, 2.24) is 15.3 Å². The van der Waals surface area contributed by atoms with E-state index in [4.69, 9.17) is 5.26 Å². The van der Waals surface area contributed by atoms with Gasteiger partial charge in [0.05, 0.1) is 0 Å². The maximum absolute atomic E-state index is 11.2. The van der Waals surface area contributed by atoms with Crippen LogP contribution in [0.5, 0.6) is 0 Å². The fourth-order valence-electron chi connectivity index (χ4n) is 1.01. The first kappa shape index (κ1) is 10.9. The second kappa shape index (κ2) is 4.91. The molecule has 0 spiro atoms. The predicted octanol–water partition coefficient (Wildman–Crippen LogP) is -0.105. The van der Waals surface area contributed by atoms with Crippen LogP contribution in [0.25, 0.3) is 0 Å². The molecule has 0 radical (unpaired) electrons. The Morgan fingerprint density at radius 2 is 2.20 bits per heavy atom. The minimum absolute atomic E-state index is 0.174. The first-order chi connectivity index (χ1) is 7.19. The molecular weight excluding hydrogens is 194 g/mol. The van der Waals surface area contributed by atoms with Crippen molar-refractivity contribution < 1.29 is 4.79 Å². The first-order valence-corrected chi connectivity index (χ1v) is 4.38. The quantitative estimate of drug-likeness (QED) is 0.718. The number of hydrogen-bond acceptors (Lipinski definition) is 5. The Hall–Kier alpha value is -2.16. The lowest BCUT2D eigenvalue weighted by Crippen LogP contribution is -2.35. The molecule has 2 N–H and O–H groups in total. The Morgan fingerprint density at radius 1 is 1.53 bits per heavy atom. The molecular formula is C9H11N5O. The average molecular weight is 205 g/mol. The Morgan fingerprint density at radius 3 is 2.80 bits per heavy atom. The predicted molar refractivity (Wildman–Crippen MR) is 53.9 cm³/mol. The van der Waals surface area contributed by atoms with Gasteiger partial charge in [0.15, 0.2) is 11.5 Å². The van der Waals surface area contributed by atoms with Gasteiger partial charge in [-0.25, -0.2) is 9.97 Å². The standard InChI is InChI=1S/C9H11N5O/c1-6(9(15)11-2)14-8-7(5-10)12-3-4-13-8/h3-4,6H,1-2H3,(H,11,15)(H,13,14). The minimum atomic E-state index is -0.459. The van der Waals surface area contributed by atoms with Crippen LogP contribution >= 0.6 is 0 Å². The number of carbonyl (C=O) groups is 1. The van der Waals surface area contributed by atoms with E-state index >= 15 is 0 Å². The number of hydrogen-bond donors (Lipinski definition) is 2. The number of nitriles is 1. The molecule has 15 heavy (non-hydrogen) atoms. The molecule has 1 unspecified atom stereocenters. The van der Waals surface area contributed by atoms with Gasteiger partial charge in [0.2, 0.25) is 5.91 Å². The molecule has 0 aliphatic carbocycles. The fourth-order valence-corrected chi connectivity index (χ4v) is 1.01. The van der Waals surface area contributed by atoms with Crippen LogP contribution < -0.4 is 10.6 Å². The zero-order valence-corrected chi connectivity index (χ0v) is 8.48. The summed E-state index contributed by atoms with van der Waals surface area (Å²) in [5, 5.41) is 14.0. The van der Waals surface area contributed by atoms with Crippen LogP contribution in [-0.2, 0) is 4.79 Å². The zero-order chi connectivity index (χ0) is 11.3. The molecule has 0 bridgehead atoms. The lowest BCUT2D eigenvalue weighted by molar-refractivity contribution is -0.121. The Balaban J connectivity index is 2.81. The van der Waals surface area contributed by atoms with Crippen molar-refractivity contribution in [3.05, 3.63) is 18.1 Å². The van der Waals surface area contributed by atoms with Gasteiger partial charge in [-0.3, -0.25) is 4.79 Å². The van der Waals surface area contributed by atoms with E-state index in [0.29, 0.717) is 5.82 Å². The van der Waals surface area contributed by atoms with Gasteiger partial charge in [-0.05, 0) is 6.92 Å². The molecule has 1 heterocycles. The third-order valence-corrected chi connectivity index (χ3v) is 1.80. The molecule has 78 valence electrons. The van der Waals surface area contributed by atoms with Crippen molar-refractivity contribution in [1.29, 1.82) is 5.26 Å². The molecule has 0 aliphatic rings. The summed E-state index contributed by atoms with van der Waals surface area (Å²) in [5.74, 6) is 0.139. The monoisotopic (exact) mass is 205 g/mol. The highest BCUT2D eigenvalue weighted by atomic mass is 16.2. The van der Waals surface area contributed by atoms with Crippen LogP contribution in [0.2, 0.25) is 0 Å². The molecule has 1 aromatic heterocycles. The van der Waals surface area contributed by atoms with Crippen LogP contribution in [0.4, 0.5) is 5.82 Å². The van der Waals surface area contributed by atoms with Gasteiger partial charge in [0.25, 0.3) is 0 Å². The second-order valence-electron chi connectivity index (χ2n) is 2.85. The van der Waals surface area contributed by atoms with E-state index in [1.165, 1.54) is 12.4 Å². The van der Waals surface area contributed by atoms with E-state index in [-0.39, 0.29) is 11.6 Å². The molecule has 1 rings (SSSR count). The average Bonchev–Trinajstić information content (AvgIpc) is 2.28. The molecule has 6 nitrogen and oxygen atoms in total.